The van der Waals surface area contributed by atoms with E-state index in [1.54, 1.807) is 7.11 Å². The smallest absolute Gasteiger partial charge is 0.0503 e. The zero-order valence-electron chi connectivity index (χ0n) is 12.7. The number of nitrogens with zero attached hydrogens (tertiary/aromatic N) is 1. The number of hydrogen-bond donors (Lipinski definition) is 1. The molecule has 1 aliphatic carbocycles. The van der Waals surface area contributed by atoms with Crippen molar-refractivity contribution in [3.05, 3.63) is 0 Å². The minimum absolute atomic E-state index is 0.468. The number of hydrogen-bond acceptors (Lipinski definition) is 3. The second kappa shape index (κ2) is 8.13. The summed E-state index contributed by atoms with van der Waals surface area (Å²) in [6.45, 7) is 9.59. The molecule has 0 aromatic heterocycles. The van der Waals surface area contributed by atoms with Crippen molar-refractivity contribution in [2.24, 2.45) is 17.6 Å². The minimum Gasteiger partial charge on any atom is -0.384 e. The van der Waals surface area contributed by atoms with Gasteiger partial charge in [-0.15, -0.1) is 0 Å². The maximum atomic E-state index is 6.05. The van der Waals surface area contributed by atoms with E-state index in [2.05, 4.69) is 25.7 Å². The second-order valence-electron chi connectivity index (χ2n) is 6.26. The molecule has 0 aromatic rings. The van der Waals surface area contributed by atoms with Gasteiger partial charge in [0.05, 0.1) is 6.61 Å². The first-order valence-electron chi connectivity index (χ1n) is 7.54. The molecule has 0 amide bonds. The lowest BCUT2D eigenvalue weighted by atomic mass is 9.97. The predicted octanol–water partition coefficient (Wildman–Crippen LogP) is 2.50. The molecular formula is C15H32N2O. The van der Waals surface area contributed by atoms with Crippen LogP contribution in [0.25, 0.3) is 0 Å². The first-order valence-corrected chi connectivity index (χ1v) is 7.54. The van der Waals surface area contributed by atoms with Gasteiger partial charge in [0, 0.05) is 32.3 Å². The van der Waals surface area contributed by atoms with E-state index in [0.717, 1.165) is 19.2 Å². The Hall–Kier alpha value is -0.120. The summed E-state index contributed by atoms with van der Waals surface area (Å²) in [5.41, 5.74) is 6.05. The number of ether oxygens (including phenoxy) is 1. The molecule has 0 heterocycles. The molecule has 0 radical (unpaired) electrons. The van der Waals surface area contributed by atoms with E-state index in [1.165, 1.54) is 32.2 Å². The topological polar surface area (TPSA) is 38.5 Å². The van der Waals surface area contributed by atoms with Crippen LogP contribution in [0.5, 0.6) is 0 Å². The number of nitrogens with two attached hydrogens (primary N) is 1. The molecule has 3 heteroatoms. The fourth-order valence-corrected chi connectivity index (χ4v) is 3.28. The molecule has 1 saturated carbocycles. The van der Waals surface area contributed by atoms with E-state index >= 15 is 0 Å². The highest BCUT2D eigenvalue weighted by atomic mass is 16.5. The molecule has 18 heavy (non-hydrogen) atoms. The standard InChI is InChI=1S/C15H32N2O/c1-12(2)10-17(14-7-5-6-8-14)15(9-16)13(3)11-18-4/h12-15H,5-11,16H2,1-4H3. The van der Waals surface area contributed by atoms with Crippen LogP contribution in [0.2, 0.25) is 0 Å². The molecule has 2 atom stereocenters. The lowest BCUT2D eigenvalue weighted by molar-refractivity contribution is 0.0513. The van der Waals surface area contributed by atoms with Crippen LogP contribution in [-0.2, 0) is 4.74 Å². The molecule has 0 spiro atoms. The highest BCUT2D eigenvalue weighted by Crippen LogP contribution is 2.28. The van der Waals surface area contributed by atoms with Crippen LogP contribution in [0.3, 0.4) is 0 Å². The van der Waals surface area contributed by atoms with Crippen LogP contribution in [0.4, 0.5) is 0 Å². The van der Waals surface area contributed by atoms with Gasteiger partial charge in [-0.2, -0.15) is 0 Å². The molecule has 108 valence electrons. The van der Waals surface area contributed by atoms with Crippen molar-refractivity contribution in [2.75, 3.05) is 26.8 Å². The predicted molar refractivity (Wildman–Crippen MR) is 77.7 cm³/mol. The van der Waals surface area contributed by atoms with E-state index in [0.29, 0.717) is 17.9 Å². The number of rotatable bonds is 8. The van der Waals surface area contributed by atoms with Gasteiger partial charge in [0.1, 0.15) is 0 Å². The van der Waals surface area contributed by atoms with Gasteiger partial charge in [0.2, 0.25) is 0 Å². The highest BCUT2D eigenvalue weighted by molar-refractivity contribution is 4.86. The summed E-state index contributed by atoms with van der Waals surface area (Å²) in [5, 5.41) is 0. The Morgan fingerprint density at radius 1 is 1.22 bits per heavy atom. The lowest BCUT2D eigenvalue weighted by Gasteiger charge is -2.40. The summed E-state index contributed by atoms with van der Waals surface area (Å²) in [4.78, 5) is 2.68. The average molecular weight is 256 g/mol. The third-order valence-electron chi connectivity index (χ3n) is 4.12. The van der Waals surface area contributed by atoms with Crippen molar-refractivity contribution >= 4 is 0 Å². The molecule has 1 fully saturated rings. The molecule has 1 rings (SSSR count). The molecule has 0 aliphatic heterocycles. The van der Waals surface area contributed by atoms with Crippen LogP contribution in [0.1, 0.15) is 46.5 Å². The molecule has 0 bridgehead atoms. The van der Waals surface area contributed by atoms with Crippen molar-refractivity contribution in [2.45, 2.75) is 58.5 Å². The Kier molecular flexibility index (Phi) is 7.20. The largest absolute Gasteiger partial charge is 0.384 e. The summed E-state index contributed by atoms with van der Waals surface area (Å²) in [5.74, 6) is 1.22. The van der Waals surface area contributed by atoms with Gasteiger partial charge in [0.25, 0.3) is 0 Å². The first-order chi connectivity index (χ1) is 8.60. The van der Waals surface area contributed by atoms with Gasteiger partial charge in [-0.25, -0.2) is 0 Å². The monoisotopic (exact) mass is 256 g/mol. The Morgan fingerprint density at radius 2 is 1.83 bits per heavy atom. The molecule has 2 unspecified atom stereocenters. The fraction of sp³-hybridized carbons (Fsp3) is 1.00. The third-order valence-corrected chi connectivity index (χ3v) is 4.12. The van der Waals surface area contributed by atoms with E-state index in [4.69, 9.17) is 10.5 Å². The first kappa shape index (κ1) is 15.9. The summed E-state index contributed by atoms with van der Waals surface area (Å²) in [6.07, 6.45) is 5.47. The minimum atomic E-state index is 0.468. The Labute approximate surface area is 113 Å². The van der Waals surface area contributed by atoms with Crippen LogP contribution in [0.15, 0.2) is 0 Å². The fourth-order valence-electron chi connectivity index (χ4n) is 3.28. The Morgan fingerprint density at radius 3 is 2.28 bits per heavy atom. The van der Waals surface area contributed by atoms with Crippen molar-refractivity contribution < 1.29 is 4.74 Å². The van der Waals surface area contributed by atoms with Crippen molar-refractivity contribution in [3.63, 3.8) is 0 Å². The van der Waals surface area contributed by atoms with E-state index in [1.807, 2.05) is 0 Å². The zero-order valence-corrected chi connectivity index (χ0v) is 12.7. The highest BCUT2D eigenvalue weighted by Gasteiger charge is 2.31. The maximum absolute atomic E-state index is 6.05. The van der Waals surface area contributed by atoms with Crippen LogP contribution in [0, 0.1) is 11.8 Å². The third kappa shape index (κ3) is 4.52. The summed E-state index contributed by atoms with van der Waals surface area (Å²) >= 11 is 0. The van der Waals surface area contributed by atoms with Gasteiger partial charge in [0.15, 0.2) is 0 Å². The van der Waals surface area contributed by atoms with Gasteiger partial charge >= 0.3 is 0 Å². The normalized spacial score (nSPS) is 20.8. The van der Waals surface area contributed by atoms with Crippen molar-refractivity contribution in [1.82, 2.24) is 4.90 Å². The lowest BCUT2D eigenvalue weighted by Crippen LogP contribution is -2.51. The van der Waals surface area contributed by atoms with Gasteiger partial charge < -0.3 is 10.5 Å². The van der Waals surface area contributed by atoms with Gasteiger partial charge in [-0.05, 0) is 24.7 Å². The summed E-state index contributed by atoms with van der Waals surface area (Å²) in [6, 6.07) is 1.22. The molecule has 0 saturated heterocycles. The molecule has 0 aromatic carbocycles. The Balaban J connectivity index is 2.70. The van der Waals surface area contributed by atoms with Gasteiger partial charge in [-0.1, -0.05) is 33.6 Å². The van der Waals surface area contributed by atoms with E-state index in [-0.39, 0.29) is 0 Å². The molecule has 3 nitrogen and oxygen atoms in total. The summed E-state index contributed by atoms with van der Waals surface area (Å²) < 4.78 is 5.32. The zero-order chi connectivity index (χ0) is 13.5. The number of methoxy groups -OCH3 is 1. The van der Waals surface area contributed by atoms with E-state index < -0.39 is 0 Å². The van der Waals surface area contributed by atoms with Crippen LogP contribution >= 0.6 is 0 Å². The Bertz CT molecular complexity index is 215. The van der Waals surface area contributed by atoms with Crippen molar-refractivity contribution in [3.8, 4) is 0 Å². The SMILES string of the molecule is COCC(C)C(CN)N(CC(C)C)C1CCCC1. The second-order valence-corrected chi connectivity index (χ2v) is 6.26. The quantitative estimate of drug-likeness (QED) is 0.725. The van der Waals surface area contributed by atoms with Crippen LogP contribution in [-0.4, -0.2) is 43.8 Å². The van der Waals surface area contributed by atoms with Crippen molar-refractivity contribution in [1.29, 1.82) is 0 Å². The van der Waals surface area contributed by atoms with E-state index in [9.17, 15) is 0 Å². The maximum Gasteiger partial charge on any atom is 0.0503 e. The van der Waals surface area contributed by atoms with Crippen LogP contribution < -0.4 is 5.73 Å². The summed E-state index contributed by atoms with van der Waals surface area (Å²) in [7, 11) is 1.78. The van der Waals surface area contributed by atoms with Gasteiger partial charge in [-0.3, -0.25) is 4.90 Å². The average Bonchev–Trinajstić information content (AvgIpc) is 2.81. The molecular weight excluding hydrogens is 224 g/mol. The molecule has 1 aliphatic rings. The molecule has 2 N–H and O–H groups in total.